The van der Waals surface area contributed by atoms with Gasteiger partial charge in [-0.3, -0.25) is 4.79 Å². The van der Waals surface area contributed by atoms with Gasteiger partial charge in [0.1, 0.15) is 11.5 Å². The van der Waals surface area contributed by atoms with Crippen molar-refractivity contribution in [2.45, 2.75) is 37.6 Å². The Hall–Kier alpha value is -3.24. The van der Waals surface area contributed by atoms with Crippen LogP contribution in [0.3, 0.4) is 0 Å². The molecule has 33 heavy (non-hydrogen) atoms. The number of carbonyl (C=O) groups excluding carboxylic acids is 1. The van der Waals surface area contributed by atoms with Gasteiger partial charge in [-0.2, -0.15) is 0 Å². The van der Waals surface area contributed by atoms with Gasteiger partial charge < -0.3 is 14.3 Å². The average molecular weight is 469 g/mol. The van der Waals surface area contributed by atoms with Gasteiger partial charge in [0.15, 0.2) is 0 Å². The highest BCUT2D eigenvalue weighted by molar-refractivity contribution is 7.89. The third-order valence-electron chi connectivity index (χ3n) is 5.59. The van der Waals surface area contributed by atoms with Crippen molar-refractivity contribution < 1.29 is 13.2 Å². The Labute approximate surface area is 193 Å². The summed E-state index contributed by atoms with van der Waals surface area (Å²) in [5, 5.41) is 2.95. The van der Waals surface area contributed by atoms with Gasteiger partial charge in [0.2, 0.25) is 15.9 Å². The Kier molecular flexibility index (Phi) is 6.48. The minimum absolute atomic E-state index is 0.0515. The van der Waals surface area contributed by atoms with E-state index in [2.05, 4.69) is 15.3 Å². The van der Waals surface area contributed by atoms with E-state index in [9.17, 15) is 13.2 Å². The van der Waals surface area contributed by atoms with E-state index in [-0.39, 0.29) is 10.8 Å². The number of benzene rings is 1. The summed E-state index contributed by atoms with van der Waals surface area (Å²) in [6.45, 7) is 3.20. The zero-order valence-electron chi connectivity index (χ0n) is 19.0. The predicted octanol–water partition coefficient (Wildman–Crippen LogP) is 2.25. The van der Waals surface area contributed by atoms with E-state index in [0.29, 0.717) is 37.9 Å². The van der Waals surface area contributed by atoms with E-state index in [1.54, 1.807) is 18.2 Å². The molecule has 3 heterocycles. The van der Waals surface area contributed by atoms with E-state index in [4.69, 9.17) is 0 Å². The van der Waals surface area contributed by atoms with Crippen molar-refractivity contribution in [2.24, 2.45) is 0 Å². The van der Waals surface area contributed by atoms with Gasteiger partial charge in [0.25, 0.3) is 0 Å². The van der Waals surface area contributed by atoms with Crippen molar-refractivity contribution >= 4 is 32.6 Å². The van der Waals surface area contributed by atoms with Crippen LogP contribution in [-0.4, -0.2) is 58.2 Å². The van der Waals surface area contributed by atoms with Crippen molar-refractivity contribution in [1.29, 1.82) is 0 Å². The minimum atomic E-state index is -3.53. The van der Waals surface area contributed by atoms with Crippen molar-refractivity contribution in [3.8, 4) is 0 Å². The SMILES string of the molecule is CCn1c(CCC(=O)NCCc2cn3ccccc3n2)nc2cc(S(=O)(=O)N(C)C)ccc21. The van der Waals surface area contributed by atoms with E-state index in [1.165, 1.54) is 18.4 Å². The van der Waals surface area contributed by atoms with Gasteiger partial charge in [0.05, 0.1) is 21.6 Å². The molecule has 1 amide bonds. The summed E-state index contributed by atoms with van der Waals surface area (Å²) >= 11 is 0. The van der Waals surface area contributed by atoms with E-state index in [1.807, 2.05) is 46.5 Å². The number of fused-ring (bicyclic) bond motifs is 2. The molecule has 0 atom stereocenters. The highest BCUT2D eigenvalue weighted by Crippen LogP contribution is 2.22. The van der Waals surface area contributed by atoms with Crippen molar-refractivity contribution in [3.63, 3.8) is 0 Å². The molecule has 10 heteroatoms. The lowest BCUT2D eigenvalue weighted by Gasteiger charge is -2.11. The lowest BCUT2D eigenvalue weighted by molar-refractivity contribution is -0.121. The van der Waals surface area contributed by atoms with Crippen LogP contribution in [0.5, 0.6) is 0 Å². The first kappa shape index (κ1) is 22.9. The normalized spacial score (nSPS) is 12.1. The van der Waals surface area contributed by atoms with Gasteiger partial charge in [0, 0.05) is 58.8 Å². The molecule has 0 bridgehead atoms. The molecule has 0 saturated carbocycles. The van der Waals surface area contributed by atoms with Crippen LogP contribution in [0.4, 0.5) is 0 Å². The van der Waals surface area contributed by atoms with Crippen molar-refractivity contribution in [3.05, 3.63) is 60.3 Å². The maximum absolute atomic E-state index is 12.4. The number of nitrogens with zero attached hydrogens (tertiary/aromatic N) is 5. The molecule has 3 aromatic heterocycles. The second kappa shape index (κ2) is 9.32. The maximum atomic E-state index is 12.4. The summed E-state index contributed by atoms with van der Waals surface area (Å²) in [4.78, 5) is 21.8. The highest BCUT2D eigenvalue weighted by Gasteiger charge is 2.19. The first-order valence-electron chi connectivity index (χ1n) is 10.9. The molecule has 1 aromatic carbocycles. The fraction of sp³-hybridized carbons (Fsp3) is 0.348. The molecule has 174 valence electrons. The zero-order chi connectivity index (χ0) is 23.6. The molecule has 9 nitrogen and oxygen atoms in total. The summed E-state index contributed by atoms with van der Waals surface area (Å²) in [5.74, 6) is 0.715. The molecule has 0 aliphatic heterocycles. The number of pyridine rings is 1. The number of aryl methyl sites for hydroxylation is 2. The maximum Gasteiger partial charge on any atom is 0.242 e. The number of nitrogens with one attached hydrogen (secondary N) is 1. The molecular weight excluding hydrogens is 440 g/mol. The fourth-order valence-corrected chi connectivity index (χ4v) is 4.75. The number of imidazole rings is 2. The zero-order valence-corrected chi connectivity index (χ0v) is 19.8. The van der Waals surface area contributed by atoms with Crippen LogP contribution in [0.2, 0.25) is 0 Å². The van der Waals surface area contributed by atoms with Crippen molar-refractivity contribution in [1.82, 2.24) is 28.6 Å². The molecule has 0 aliphatic rings. The fourth-order valence-electron chi connectivity index (χ4n) is 3.83. The topological polar surface area (TPSA) is 102 Å². The van der Waals surface area contributed by atoms with Crippen LogP contribution < -0.4 is 5.32 Å². The largest absolute Gasteiger partial charge is 0.356 e. The van der Waals surface area contributed by atoms with Crippen molar-refractivity contribution in [2.75, 3.05) is 20.6 Å². The van der Waals surface area contributed by atoms with Gasteiger partial charge in [-0.05, 0) is 37.3 Å². The Bertz CT molecular complexity index is 1370. The molecule has 0 saturated heterocycles. The number of hydrogen-bond acceptors (Lipinski definition) is 5. The monoisotopic (exact) mass is 468 g/mol. The molecule has 0 radical (unpaired) electrons. The average Bonchev–Trinajstić information content (AvgIpc) is 3.37. The third kappa shape index (κ3) is 4.76. The quantitative estimate of drug-likeness (QED) is 0.406. The molecule has 0 spiro atoms. The molecule has 4 aromatic rings. The van der Waals surface area contributed by atoms with Crippen LogP contribution in [-0.2, 0) is 34.2 Å². The highest BCUT2D eigenvalue weighted by atomic mass is 32.2. The third-order valence-corrected chi connectivity index (χ3v) is 7.40. The van der Waals surface area contributed by atoms with E-state index >= 15 is 0 Å². The lowest BCUT2D eigenvalue weighted by Crippen LogP contribution is -2.26. The predicted molar refractivity (Wildman–Crippen MR) is 127 cm³/mol. The smallest absolute Gasteiger partial charge is 0.242 e. The Morgan fingerprint density at radius 2 is 1.94 bits per heavy atom. The van der Waals surface area contributed by atoms with Crippen LogP contribution in [0.15, 0.2) is 53.7 Å². The Morgan fingerprint density at radius 1 is 1.12 bits per heavy atom. The second-order valence-electron chi connectivity index (χ2n) is 8.01. The number of hydrogen-bond donors (Lipinski definition) is 1. The van der Waals surface area contributed by atoms with Crippen LogP contribution in [0.1, 0.15) is 24.9 Å². The standard InChI is InChI=1S/C23H28N6O3S/c1-4-29-20-9-8-18(33(31,32)27(2)3)15-19(20)26-22(29)10-11-23(30)24-13-12-17-16-28-14-6-5-7-21(28)25-17/h5-9,14-16H,4,10-13H2,1-3H3,(H,24,30). The molecule has 0 unspecified atom stereocenters. The van der Waals surface area contributed by atoms with Crippen LogP contribution in [0.25, 0.3) is 16.7 Å². The summed E-state index contributed by atoms with van der Waals surface area (Å²) in [6, 6.07) is 10.8. The lowest BCUT2D eigenvalue weighted by atomic mass is 10.2. The van der Waals surface area contributed by atoms with E-state index in [0.717, 1.165) is 22.7 Å². The molecule has 1 N–H and O–H groups in total. The molecular formula is C23H28N6O3S. The summed E-state index contributed by atoms with van der Waals surface area (Å²) in [5.41, 5.74) is 3.29. The summed E-state index contributed by atoms with van der Waals surface area (Å²) < 4.78 is 30.0. The van der Waals surface area contributed by atoms with Crippen LogP contribution >= 0.6 is 0 Å². The summed E-state index contributed by atoms with van der Waals surface area (Å²) in [6.07, 6.45) is 5.35. The number of carbonyl (C=O) groups is 1. The number of amides is 1. The summed E-state index contributed by atoms with van der Waals surface area (Å²) in [7, 11) is -0.527. The van der Waals surface area contributed by atoms with E-state index < -0.39 is 10.0 Å². The Balaban J connectivity index is 1.38. The number of sulfonamides is 1. The van der Waals surface area contributed by atoms with Gasteiger partial charge >= 0.3 is 0 Å². The molecule has 0 fully saturated rings. The molecule has 0 aliphatic carbocycles. The minimum Gasteiger partial charge on any atom is -0.356 e. The van der Waals surface area contributed by atoms with Gasteiger partial charge in [-0.15, -0.1) is 0 Å². The Morgan fingerprint density at radius 3 is 2.67 bits per heavy atom. The first-order valence-corrected chi connectivity index (χ1v) is 12.3. The number of rotatable bonds is 9. The van der Waals surface area contributed by atoms with Crippen LogP contribution in [0, 0.1) is 0 Å². The first-order chi connectivity index (χ1) is 15.8. The second-order valence-corrected chi connectivity index (χ2v) is 10.2. The van der Waals surface area contributed by atoms with Gasteiger partial charge in [-0.25, -0.2) is 22.7 Å². The van der Waals surface area contributed by atoms with Gasteiger partial charge in [-0.1, -0.05) is 6.07 Å². The molecule has 4 rings (SSSR count). The number of aromatic nitrogens is 4.